The molecule has 3 rings (SSSR count). The molecule has 0 saturated heterocycles. The molecule has 0 saturated carbocycles. The van der Waals surface area contributed by atoms with Crippen LogP contribution in [0.2, 0.25) is 0 Å². The lowest BCUT2D eigenvalue weighted by Crippen LogP contribution is -2.12. The number of hydrogen-bond donors (Lipinski definition) is 2. The van der Waals surface area contributed by atoms with Gasteiger partial charge in [0, 0.05) is 34.3 Å². The summed E-state index contributed by atoms with van der Waals surface area (Å²) >= 11 is 3.37. The molecular weight excluding hydrogens is 406 g/mol. The molecule has 5 nitrogen and oxygen atoms in total. The molecule has 134 valence electrons. The van der Waals surface area contributed by atoms with Crippen LogP contribution < -0.4 is 10.6 Å². The second-order valence-corrected chi connectivity index (χ2v) is 6.56. The Morgan fingerprint density at radius 2 is 1.56 bits per heavy atom. The number of halogens is 1. The van der Waals surface area contributed by atoms with Gasteiger partial charge in [-0.25, -0.2) is 0 Å². The second kappa shape index (κ2) is 8.91. The van der Waals surface area contributed by atoms with Gasteiger partial charge in [0.25, 0.3) is 5.91 Å². The summed E-state index contributed by atoms with van der Waals surface area (Å²) in [5.74, 6) is -0.470. The lowest BCUT2D eigenvalue weighted by atomic mass is 10.2. The first-order chi connectivity index (χ1) is 13.1. The number of aromatic nitrogens is 1. The molecule has 1 aromatic heterocycles. The molecule has 0 aliphatic heterocycles. The van der Waals surface area contributed by atoms with Gasteiger partial charge in [-0.1, -0.05) is 28.1 Å². The van der Waals surface area contributed by atoms with E-state index in [0.29, 0.717) is 16.9 Å². The first-order valence-corrected chi connectivity index (χ1v) is 8.95. The second-order valence-electron chi connectivity index (χ2n) is 5.65. The number of pyridine rings is 1. The molecule has 3 aromatic rings. The molecular formula is C21H16BrN3O2. The Morgan fingerprint density at radius 3 is 2.19 bits per heavy atom. The highest BCUT2D eigenvalue weighted by Crippen LogP contribution is 2.15. The van der Waals surface area contributed by atoms with E-state index in [1.165, 1.54) is 12.3 Å². The zero-order valence-electron chi connectivity index (χ0n) is 14.2. The van der Waals surface area contributed by atoms with Crippen LogP contribution in [0.15, 0.2) is 83.6 Å². The fraction of sp³-hybridized carbons (Fsp3) is 0. The summed E-state index contributed by atoms with van der Waals surface area (Å²) in [7, 11) is 0. The number of carbonyl (C=O) groups is 2. The number of amides is 2. The maximum absolute atomic E-state index is 12.1. The first-order valence-electron chi connectivity index (χ1n) is 8.16. The summed E-state index contributed by atoms with van der Waals surface area (Å²) in [5, 5.41) is 5.56. The van der Waals surface area contributed by atoms with Crippen LogP contribution in [0.3, 0.4) is 0 Å². The standard InChI is InChI=1S/C21H16BrN3O2/c22-17-6-3-15(4-7-17)5-12-20(26)24-18-8-10-19(11-9-18)25-21(27)16-2-1-13-23-14-16/h1-14H,(H,24,26)(H,25,27)/b12-5+. The lowest BCUT2D eigenvalue weighted by molar-refractivity contribution is -0.111. The van der Waals surface area contributed by atoms with Gasteiger partial charge in [0.15, 0.2) is 0 Å². The molecule has 0 aliphatic carbocycles. The smallest absolute Gasteiger partial charge is 0.257 e. The van der Waals surface area contributed by atoms with Crippen LogP contribution in [-0.2, 0) is 4.79 Å². The van der Waals surface area contributed by atoms with E-state index >= 15 is 0 Å². The zero-order valence-corrected chi connectivity index (χ0v) is 15.8. The fourth-order valence-corrected chi connectivity index (χ4v) is 2.53. The van der Waals surface area contributed by atoms with E-state index in [0.717, 1.165) is 10.0 Å². The molecule has 6 heteroatoms. The number of anilines is 2. The Bertz CT molecular complexity index is 953. The van der Waals surface area contributed by atoms with Gasteiger partial charge in [-0.05, 0) is 60.2 Å². The van der Waals surface area contributed by atoms with Crippen LogP contribution in [0.4, 0.5) is 11.4 Å². The number of nitrogens with zero attached hydrogens (tertiary/aromatic N) is 1. The van der Waals surface area contributed by atoms with Crippen LogP contribution in [0.25, 0.3) is 6.08 Å². The van der Waals surface area contributed by atoms with Crippen molar-refractivity contribution in [3.8, 4) is 0 Å². The molecule has 2 aromatic carbocycles. The highest BCUT2D eigenvalue weighted by molar-refractivity contribution is 9.10. The number of carbonyl (C=O) groups excluding carboxylic acids is 2. The third-order valence-electron chi connectivity index (χ3n) is 3.63. The minimum atomic E-state index is -0.239. The Hall–Kier alpha value is -3.25. The van der Waals surface area contributed by atoms with E-state index in [9.17, 15) is 9.59 Å². The van der Waals surface area contributed by atoms with E-state index in [1.807, 2.05) is 24.3 Å². The molecule has 2 N–H and O–H groups in total. The van der Waals surface area contributed by atoms with Crippen LogP contribution in [0.1, 0.15) is 15.9 Å². The van der Waals surface area contributed by atoms with Crippen molar-refractivity contribution in [2.75, 3.05) is 10.6 Å². The molecule has 0 aliphatic rings. The van der Waals surface area contributed by atoms with Gasteiger partial charge in [-0.3, -0.25) is 14.6 Å². The van der Waals surface area contributed by atoms with E-state index in [2.05, 4.69) is 31.5 Å². The van der Waals surface area contributed by atoms with Crippen LogP contribution in [-0.4, -0.2) is 16.8 Å². The zero-order chi connectivity index (χ0) is 19.1. The van der Waals surface area contributed by atoms with Gasteiger partial charge in [0.05, 0.1) is 5.56 Å². The average Bonchev–Trinajstić information content (AvgIpc) is 2.70. The molecule has 0 unspecified atom stereocenters. The molecule has 27 heavy (non-hydrogen) atoms. The predicted octanol–water partition coefficient (Wildman–Crippen LogP) is 4.75. The van der Waals surface area contributed by atoms with Gasteiger partial charge in [0.1, 0.15) is 0 Å². The van der Waals surface area contributed by atoms with Crippen molar-refractivity contribution < 1.29 is 9.59 Å². The minimum Gasteiger partial charge on any atom is -0.323 e. The summed E-state index contributed by atoms with van der Waals surface area (Å²) in [5.41, 5.74) is 2.68. The van der Waals surface area contributed by atoms with Gasteiger partial charge < -0.3 is 10.6 Å². The summed E-state index contributed by atoms with van der Waals surface area (Å²) in [6.45, 7) is 0. The number of hydrogen-bond acceptors (Lipinski definition) is 3. The number of nitrogens with one attached hydrogen (secondary N) is 2. The summed E-state index contributed by atoms with van der Waals surface area (Å²) in [4.78, 5) is 28.0. The highest BCUT2D eigenvalue weighted by Gasteiger charge is 2.06. The SMILES string of the molecule is O=C(/C=C/c1ccc(Br)cc1)Nc1ccc(NC(=O)c2cccnc2)cc1. The molecule has 0 spiro atoms. The lowest BCUT2D eigenvalue weighted by Gasteiger charge is -2.07. The largest absolute Gasteiger partial charge is 0.323 e. The third kappa shape index (κ3) is 5.62. The summed E-state index contributed by atoms with van der Waals surface area (Å²) in [6, 6.07) is 17.9. The quantitative estimate of drug-likeness (QED) is 0.583. The van der Waals surface area contributed by atoms with Crippen molar-refractivity contribution in [2.45, 2.75) is 0 Å². The normalized spacial score (nSPS) is 10.6. The van der Waals surface area contributed by atoms with E-state index in [-0.39, 0.29) is 11.8 Å². The Labute approximate surface area is 165 Å². The van der Waals surface area contributed by atoms with Gasteiger partial charge in [-0.2, -0.15) is 0 Å². The third-order valence-corrected chi connectivity index (χ3v) is 4.16. The molecule has 2 amide bonds. The van der Waals surface area contributed by atoms with E-state index < -0.39 is 0 Å². The van der Waals surface area contributed by atoms with Gasteiger partial charge in [0.2, 0.25) is 5.91 Å². The maximum atomic E-state index is 12.1. The Morgan fingerprint density at radius 1 is 0.889 bits per heavy atom. The van der Waals surface area contributed by atoms with E-state index in [4.69, 9.17) is 0 Å². The average molecular weight is 422 g/mol. The van der Waals surface area contributed by atoms with Crippen LogP contribution in [0, 0.1) is 0 Å². The van der Waals surface area contributed by atoms with Crippen molar-refractivity contribution in [3.63, 3.8) is 0 Å². The van der Waals surface area contributed by atoms with Crippen molar-refractivity contribution in [2.24, 2.45) is 0 Å². The highest BCUT2D eigenvalue weighted by atomic mass is 79.9. The topological polar surface area (TPSA) is 71.1 Å². The van der Waals surface area contributed by atoms with Gasteiger partial charge >= 0.3 is 0 Å². The van der Waals surface area contributed by atoms with Crippen molar-refractivity contribution in [1.82, 2.24) is 4.98 Å². The Balaban J connectivity index is 1.56. The molecule has 0 fully saturated rings. The monoisotopic (exact) mass is 421 g/mol. The first kappa shape index (κ1) is 18.5. The summed E-state index contributed by atoms with van der Waals surface area (Å²) < 4.78 is 0.986. The minimum absolute atomic E-state index is 0.231. The number of benzene rings is 2. The maximum Gasteiger partial charge on any atom is 0.257 e. The molecule has 0 bridgehead atoms. The van der Waals surface area contributed by atoms with Crippen molar-refractivity contribution >= 4 is 45.2 Å². The molecule has 0 atom stereocenters. The molecule has 0 radical (unpaired) electrons. The van der Waals surface area contributed by atoms with Crippen molar-refractivity contribution in [1.29, 1.82) is 0 Å². The van der Waals surface area contributed by atoms with Crippen molar-refractivity contribution in [3.05, 3.63) is 94.7 Å². The van der Waals surface area contributed by atoms with Gasteiger partial charge in [-0.15, -0.1) is 0 Å². The Kier molecular flexibility index (Phi) is 6.12. The van der Waals surface area contributed by atoms with Crippen LogP contribution >= 0.6 is 15.9 Å². The fourth-order valence-electron chi connectivity index (χ4n) is 2.27. The molecule has 1 heterocycles. The summed E-state index contributed by atoms with van der Waals surface area (Å²) in [6.07, 6.45) is 6.33. The van der Waals surface area contributed by atoms with Crippen LogP contribution in [0.5, 0.6) is 0 Å². The number of rotatable bonds is 5. The van der Waals surface area contributed by atoms with E-state index in [1.54, 1.807) is 48.7 Å². The predicted molar refractivity (Wildman–Crippen MR) is 110 cm³/mol.